The SMILES string of the molecule is Cc1nn(C)c(C)c1NC(=S)Nc1cnn(Cc2ccc(Cl)cc2Cl)c1. The van der Waals surface area contributed by atoms with E-state index in [1.807, 2.05) is 43.9 Å². The van der Waals surface area contributed by atoms with Crippen molar-refractivity contribution in [2.45, 2.75) is 20.4 Å². The topological polar surface area (TPSA) is 59.7 Å². The molecule has 0 bridgehead atoms. The lowest BCUT2D eigenvalue weighted by Crippen LogP contribution is -2.19. The number of rotatable bonds is 4. The summed E-state index contributed by atoms with van der Waals surface area (Å²) in [5, 5.41) is 16.7. The van der Waals surface area contributed by atoms with Crippen LogP contribution in [0.1, 0.15) is 17.0 Å². The largest absolute Gasteiger partial charge is 0.330 e. The first kappa shape index (κ1) is 18.7. The van der Waals surface area contributed by atoms with Gasteiger partial charge in [-0.3, -0.25) is 9.36 Å². The van der Waals surface area contributed by atoms with Gasteiger partial charge in [-0.25, -0.2) is 0 Å². The van der Waals surface area contributed by atoms with E-state index in [0.29, 0.717) is 21.7 Å². The number of hydrogen-bond donors (Lipinski definition) is 2. The molecule has 9 heteroatoms. The van der Waals surface area contributed by atoms with Gasteiger partial charge < -0.3 is 10.6 Å². The molecular weight excluding hydrogens is 391 g/mol. The Morgan fingerprint density at radius 2 is 2.00 bits per heavy atom. The third-order valence-corrected chi connectivity index (χ3v) is 4.78. The maximum absolute atomic E-state index is 6.21. The van der Waals surface area contributed by atoms with Crippen LogP contribution in [0.4, 0.5) is 11.4 Å². The number of nitrogens with one attached hydrogen (secondary N) is 2. The van der Waals surface area contributed by atoms with E-state index in [4.69, 9.17) is 35.4 Å². The van der Waals surface area contributed by atoms with Gasteiger partial charge in [0.25, 0.3) is 0 Å². The molecule has 3 aromatic rings. The first-order chi connectivity index (χ1) is 12.3. The fourth-order valence-electron chi connectivity index (χ4n) is 2.57. The molecule has 26 heavy (non-hydrogen) atoms. The Morgan fingerprint density at radius 1 is 1.23 bits per heavy atom. The van der Waals surface area contributed by atoms with Gasteiger partial charge in [-0.1, -0.05) is 29.3 Å². The predicted octanol–water partition coefficient (Wildman–Crippen LogP) is 4.40. The summed E-state index contributed by atoms with van der Waals surface area (Å²) in [6.45, 7) is 4.46. The van der Waals surface area contributed by atoms with Gasteiger partial charge in [0.2, 0.25) is 0 Å². The van der Waals surface area contributed by atoms with Gasteiger partial charge in [-0.15, -0.1) is 0 Å². The van der Waals surface area contributed by atoms with Crippen molar-refractivity contribution in [3.63, 3.8) is 0 Å². The molecule has 0 fully saturated rings. The minimum Gasteiger partial charge on any atom is -0.330 e. The molecule has 136 valence electrons. The molecule has 0 amide bonds. The van der Waals surface area contributed by atoms with Gasteiger partial charge in [0.1, 0.15) is 0 Å². The van der Waals surface area contributed by atoms with Crippen LogP contribution < -0.4 is 10.6 Å². The Kier molecular flexibility index (Phi) is 5.50. The number of hydrogen-bond acceptors (Lipinski definition) is 3. The highest BCUT2D eigenvalue weighted by Gasteiger charge is 2.11. The summed E-state index contributed by atoms with van der Waals surface area (Å²) >= 11 is 17.5. The quantitative estimate of drug-likeness (QED) is 0.626. The van der Waals surface area contributed by atoms with Crippen LogP contribution in [0.3, 0.4) is 0 Å². The van der Waals surface area contributed by atoms with Crippen LogP contribution in [-0.4, -0.2) is 24.7 Å². The Bertz CT molecular complexity index is 962. The van der Waals surface area contributed by atoms with Crippen LogP contribution in [0.25, 0.3) is 0 Å². The van der Waals surface area contributed by atoms with Crippen molar-refractivity contribution >= 4 is 51.9 Å². The first-order valence-electron chi connectivity index (χ1n) is 7.88. The predicted molar refractivity (Wildman–Crippen MR) is 110 cm³/mol. The Labute approximate surface area is 167 Å². The number of benzene rings is 1. The summed E-state index contributed by atoms with van der Waals surface area (Å²) < 4.78 is 3.59. The monoisotopic (exact) mass is 408 g/mol. The molecule has 0 aliphatic heterocycles. The van der Waals surface area contributed by atoms with Crippen molar-refractivity contribution in [2.24, 2.45) is 7.05 Å². The van der Waals surface area contributed by atoms with Crippen molar-refractivity contribution in [3.05, 3.63) is 57.6 Å². The molecule has 0 aliphatic rings. The zero-order valence-electron chi connectivity index (χ0n) is 14.5. The molecule has 0 saturated heterocycles. The molecule has 2 heterocycles. The molecule has 3 rings (SSSR count). The molecule has 0 radical (unpaired) electrons. The van der Waals surface area contributed by atoms with Gasteiger partial charge in [-0.2, -0.15) is 10.2 Å². The molecule has 0 aliphatic carbocycles. The minimum atomic E-state index is 0.480. The highest BCUT2D eigenvalue weighted by atomic mass is 35.5. The zero-order valence-corrected chi connectivity index (χ0v) is 16.9. The lowest BCUT2D eigenvalue weighted by molar-refractivity contribution is 0.687. The summed E-state index contributed by atoms with van der Waals surface area (Å²) in [5.41, 5.74) is 4.53. The Hall–Kier alpha value is -2.09. The van der Waals surface area contributed by atoms with E-state index in [0.717, 1.165) is 28.3 Å². The number of aryl methyl sites for hydroxylation is 2. The van der Waals surface area contributed by atoms with Crippen LogP contribution >= 0.6 is 35.4 Å². The van der Waals surface area contributed by atoms with Crippen molar-refractivity contribution in [1.82, 2.24) is 19.6 Å². The molecule has 6 nitrogen and oxygen atoms in total. The Balaban J connectivity index is 1.65. The lowest BCUT2D eigenvalue weighted by atomic mass is 10.2. The third kappa shape index (κ3) is 4.17. The fourth-order valence-corrected chi connectivity index (χ4v) is 3.26. The normalized spacial score (nSPS) is 10.8. The van der Waals surface area contributed by atoms with Crippen LogP contribution in [0, 0.1) is 13.8 Å². The number of thiocarbonyl (C=S) groups is 1. The summed E-state index contributed by atoms with van der Waals surface area (Å²) in [6, 6.07) is 5.42. The highest BCUT2D eigenvalue weighted by Crippen LogP contribution is 2.22. The van der Waals surface area contributed by atoms with E-state index in [2.05, 4.69) is 20.8 Å². The number of halogens is 2. The first-order valence-corrected chi connectivity index (χ1v) is 9.04. The summed E-state index contributed by atoms with van der Waals surface area (Å²) in [7, 11) is 1.90. The average molecular weight is 409 g/mol. The molecule has 1 aromatic carbocycles. The van der Waals surface area contributed by atoms with E-state index in [1.165, 1.54) is 0 Å². The molecule has 2 N–H and O–H groups in total. The summed E-state index contributed by atoms with van der Waals surface area (Å²) in [5.74, 6) is 0. The van der Waals surface area contributed by atoms with Gasteiger partial charge in [0.05, 0.1) is 35.5 Å². The molecule has 0 spiro atoms. The lowest BCUT2D eigenvalue weighted by Gasteiger charge is -2.09. The van der Waals surface area contributed by atoms with Gasteiger partial charge in [-0.05, 0) is 43.8 Å². The van der Waals surface area contributed by atoms with Gasteiger partial charge in [0, 0.05) is 23.3 Å². The van der Waals surface area contributed by atoms with Crippen LogP contribution in [0.15, 0.2) is 30.6 Å². The fraction of sp³-hybridized carbons (Fsp3) is 0.235. The Morgan fingerprint density at radius 3 is 2.65 bits per heavy atom. The maximum Gasteiger partial charge on any atom is 0.175 e. The minimum absolute atomic E-state index is 0.480. The van der Waals surface area contributed by atoms with E-state index in [-0.39, 0.29) is 0 Å². The second-order valence-electron chi connectivity index (χ2n) is 5.91. The standard InChI is InChI=1S/C17H18Cl2N6S/c1-10-16(11(2)24(3)23-10)22-17(26)21-14-7-20-25(9-14)8-12-4-5-13(18)6-15(12)19/h4-7,9H,8H2,1-3H3,(H2,21,22,26). The van der Waals surface area contributed by atoms with Gasteiger partial charge >= 0.3 is 0 Å². The summed E-state index contributed by atoms with van der Waals surface area (Å²) in [6.07, 6.45) is 3.57. The molecular formula is C17H18Cl2N6S. The second kappa shape index (κ2) is 7.65. The van der Waals surface area contributed by atoms with Crippen molar-refractivity contribution in [3.8, 4) is 0 Å². The smallest absolute Gasteiger partial charge is 0.175 e. The second-order valence-corrected chi connectivity index (χ2v) is 7.16. The molecule has 0 saturated carbocycles. The zero-order chi connectivity index (χ0) is 18.8. The highest BCUT2D eigenvalue weighted by molar-refractivity contribution is 7.80. The molecule has 0 atom stereocenters. The van der Waals surface area contributed by atoms with E-state index in [9.17, 15) is 0 Å². The van der Waals surface area contributed by atoms with E-state index < -0.39 is 0 Å². The van der Waals surface area contributed by atoms with E-state index in [1.54, 1.807) is 16.9 Å². The number of anilines is 2. The number of nitrogens with zero attached hydrogens (tertiary/aromatic N) is 4. The van der Waals surface area contributed by atoms with E-state index >= 15 is 0 Å². The van der Waals surface area contributed by atoms with Gasteiger partial charge in [0.15, 0.2) is 5.11 Å². The maximum atomic E-state index is 6.21. The van der Waals surface area contributed by atoms with Crippen LogP contribution in [-0.2, 0) is 13.6 Å². The van der Waals surface area contributed by atoms with Crippen molar-refractivity contribution < 1.29 is 0 Å². The van der Waals surface area contributed by atoms with Crippen LogP contribution in [0.2, 0.25) is 10.0 Å². The number of aromatic nitrogens is 4. The third-order valence-electron chi connectivity index (χ3n) is 3.99. The molecule has 2 aromatic heterocycles. The van der Waals surface area contributed by atoms with Crippen molar-refractivity contribution in [1.29, 1.82) is 0 Å². The van der Waals surface area contributed by atoms with Crippen molar-refractivity contribution in [2.75, 3.05) is 10.6 Å². The van der Waals surface area contributed by atoms with Crippen LogP contribution in [0.5, 0.6) is 0 Å². The molecule has 0 unspecified atom stereocenters. The summed E-state index contributed by atoms with van der Waals surface area (Å²) in [4.78, 5) is 0. The average Bonchev–Trinajstić information content (AvgIpc) is 3.10.